The van der Waals surface area contributed by atoms with E-state index in [1.54, 1.807) is 0 Å². The Morgan fingerprint density at radius 2 is 0.326 bits per heavy atom. The van der Waals surface area contributed by atoms with Gasteiger partial charge in [-0.1, -0.05) is 245 Å². The van der Waals surface area contributed by atoms with Gasteiger partial charge in [0.1, 0.15) is 0 Å². The average Bonchev–Trinajstić information content (AvgIpc) is 3.02. The Kier molecular flexibility index (Phi) is 41.9. The van der Waals surface area contributed by atoms with Crippen LogP contribution in [0.5, 0.6) is 0 Å². The molecule has 0 heterocycles. The van der Waals surface area contributed by atoms with E-state index >= 15 is 0 Å². The molecule has 0 fully saturated rings. The fourth-order valence-electron chi connectivity index (χ4n) is 6.78. The summed E-state index contributed by atoms with van der Waals surface area (Å²) < 4.78 is 0. The Morgan fingerprint density at radius 3 is 0.488 bits per heavy atom. The van der Waals surface area contributed by atoms with Crippen molar-refractivity contribution in [1.82, 2.24) is 5.32 Å². The molecule has 0 saturated carbocycles. The first-order valence-electron chi connectivity index (χ1n) is 21.1. The molecule has 43 heavy (non-hydrogen) atoms. The molecule has 0 atom stereocenters. The van der Waals surface area contributed by atoms with Crippen molar-refractivity contribution >= 4 is 0 Å². The van der Waals surface area contributed by atoms with Crippen LogP contribution in [0, 0.1) is 0 Å². The van der Waals surface area contributed by atoms with E-state index in [4.69, 9.17) is 0 Å². The zero-order valence-corrected chi connectivity index (χ0v) is 30.8. The summed E-state index contributed by atoms with van der Waals surface area (Å²) in [6.07, 6.45) is 55.7. The molecule has 0 saturated heterocycles. The molecule has 1 heteroatoms. The fourth-order valence-corrected chi connectivity index (χ4v) is 6.78. The Balaban J connectivity index is 3.02. The van der Waals surface area contributed by atoms with Crippen LogP contribution in [0.3, 0.4) is 0 Å². The lowest BCUT2D eigenvalue weighted by atomic mass is 10.0. The molecule has 1 nitrogen and oxygen atoms in total. The van der Waals surface area contributed by atoms with Crippen molar-refractivity contribution in [2.75, 3.05) is 13.1 Å². The highest BCUT2D eigenvalue weighted by atomic mass is 14.8. The Hall–Kier alpha value is -0.0400. The van der Waals surface area contributed by atoms with Gasteiger partial charge in [-0.25, -0.2) is 0 Å². The summed E-state index contributed by atoms with van der Waals surface area (Å²) in [4.78, 5) is 0. The van der Waals surface area contributed by atoms with Crippen molar-refractivity contribution in [2.24, 2.45) is 0 Å². The highest BCUT2D eigenvalue weighted by molar-refractivity contribution is 4.54. The standard InChI is InChI=1S/C42H87N/c1-3-5-7-9-11-13-15-17-19-21-23-24-26-28-30-32-34-36-38-40-42-43-41-39-37-35-33-31-29-27-25-22-20-18-16-14-12-10-8-6-4-2/h43H,3-42H2,1-2H3. The summed E-state index contributed by atoms with van der Waals surface area (Å²) >= 11 is 0. The predicted octanol–water partition coefficient (Wildman–Crippen LogP) is 15.4. The third-order valence-electron chi connectivity index (χ3n) is 9.91. The van der Waals surface area contributed by atoms with E-state index in [1.807, 2.05) is 0 Å². The second kappa shape index (κ2) is 42.0. The molecule has 0 aromatic rings. The first-order valence-corrected chi connectivity index (χ1v) is 21.1. The van der Waals surface area contributed by atoms with Crippen LogP contribution in [0.2, 0.25) is 0 Å². The summed E-state index contributed by atoms with van der Waals surface area (Å²) in [6.45, 7) is 7.11. The van der Waals surface area contributed by atoms with Crippen LogP contribution in [0.15, 0.2) is 0 Å². The zero-order valence-electron chi connectivity index (χ0n) is 30.8. The van der Waals surface area contributed by atoms with E-state index in [0.717, 1.165) is 0 Å². The Morgan fingerprint density at radius 1 is 0.186 bits per heavy atom. The lowest BCUT2D eigenvalue weighted by Crippen LogP contribution is -2.16. The van der Waals surface area contributed by atoms with E-state index in [9.17, 15) is 0 Å². The van der Waals surface area contributed by atoms with Crippen molar-refractivity contribution in [2.45, 2.75) is 258 Å². The van der Waals surface area contributed by atoms with E-state index in [2.05, 4.69) is 19.2 Å². The van der Waals surface area contributed by atoms with Gasteiger partial charge in [-0.2, -0.15) is 0 Å². The second-order valence-corrected chi connectivity index (χ2v) is 14.5. The summed E-state index contributed by atoms with van der Waals surface area (Å²) in [5.74, 6) is 0. The monoisotopic (exact) mass is 606 g/mol. The minimum absolute atomic E-state index is 1.25. The van der Waals surface area contributed by atoms with Crippen LogP contribution in [0.25, 0.3) is 0 Å². The minimum atomic E-state index is 1.25. The molecule has 0 amide bonds. The van der Waals surface area contributed by atoms with Gasteiger partial charge in [0.25, 0.3) is 0 Å². The van der Waals surface area contributed by atoms with E-state index in [-0.39, 0.29) is 0 Å². The SMILES string of the molecule is CCCCCCCCCCCCCCCCCCCCCCNCCCCCCCCCCCCCCCCCCCC. The summed E-state index contributed by atoms with van der Waals surface area (Å²) in [5.41, 5.74) is 0. The average molecular weight is 606 g/mol. The molecule has 1 N–H and O–H groups in total. The van der Waals surface area contributed by atoms with Crippen LogP contribution in [-0.2, 0) is 0 Å². The number of rotatable bonds is 40. The lowest BCUT2D eigenvalue weighted by Gasteiger charge is -2.06. The molecule has 0 spiro atoms. The van der Waals surface area contributed by atoms with Gasteiger partial charge in [-0.05, 0) is 25.9 Å². The van der Waals surface area contributed by atoms with Gasteiger partial charge in [0.15, 0.2) is 0 Å². The first-order chi connectivity index (χ1) is 21.4. The quantitative estimate of drug-likeness (QED) is 0.0685. The smallest absolute Gasteiger partial charge is 0.00489 e. The Labute approximate surface area is 275 Å². The van der Waals surface area contributed by atoms with Crippen molar-refractivity contribution in [3.05, 3.63) is 0 Å². The molecular formula is C42H87N. The van der Waals surface area contributed by atoms with Crippen molar-refractivity contribution in [3.63, 3.8) is 0 Å². The van der Waals surface area contributed by atoms with Gasteiger partial charge in [0, 0.05) is 0 Å². The van der Waals surface area contributed by atoms with Gasteiger partial charge in [0.05, 0.1) is 0 Å². The van der Waals surface area contributed by atoms with Gasteiger partial charge in [-0.3, -0.25) is 0 Å². The van der Waals surface area contributed by atoms with Crippen LogP contribution >= 0.6 is 0 Å². The maximum absolute atomic E-state index is 3.70. The Bertz CT molecular complexity index is 406. The molecule has 0 aromatic carbocycles. The number of hydrogen-bond donors (Lipinski definition) is 1. The maximum Gasteiger partial charge on any atom is -0.00489 e. The number of hydrogen-bond acceptors (Lipinski definition) is 1. The highest BCUT2D eigenvalue weighted by Gasteiger charge is 1.97. The van der Waals surface area contributed by atoms with E-state index < -0.39 is 0 Å². The molecule has 0 bridgehead atoms. The van der Waals surface area contributed by atoms with E-state index in [1.165, 1.54) is 257 Å². The van der Waals surface area contributed by atoms with Crippen molar-refractivity contribution in [3.8, 4) is 0 Å². The van der Waals surface area contributed by atoms with Crippen LogP contribution < -0.4 is 5.32 Å². The first kappa shape index (κ1) is 43.0. The molecule has 0 radical (unpaired) electrons. The third-order valence-corrected chi connectivity index (χ3v) is 9.91. The van der Waals surface area contributed by atoms with Crippen LogP contribution in [0.4, 0.5) is 0 Å². The minimum Gasteiger partial charge on any atom is -0.317 e. The summed E-state index contributed by atoms with van der Waals surface area (Å²) in [7, 11) is 0. The second-order valence-electron chi connectivity index (χ2n) is 14.5. The molecule has 260 valence electrons. The summed E-state index contributed by atoms with van der Waals surface area (Å²) in [6, 6.07) is 0. The summed E-state index contributed by atoms with van der Waals surface area (Å²) in [5, 5.41) is 3.70. The number of nitrogens with one attached hydrogen (secondary N) is 1. The maximum atomic E-state index is 3.70. The molecule has 0 unspecified atom stereocenters. The van der Waals surface area contributed by atoms with Gasteiger partial charge < -0.3 is 5.32 Å². The predicted molar refractivity (Wildman–Crippen MR) is 200 cm³/mol. The van der Waals surface area contributed by atoms with Gasteiger partial charge >= 0.3 is 0 Å². The molecular weight excluding hydrogens is 518 g/mol. The van der Waals surface area contributed by atoms with Crippen LogP contribution in [-0.4, -0.2) is 13.1 Å². The van der Waals surface area contributed by atoms with Crippen LogP contribution in [0.1, 0.15) is 258 Å². The van der Waals surface area contributed by atoms with Gasteiger partial charge in [0.2, 0.25) is 0 Å². The molecule has 0 rings (SSSR count). The largest absolute Gasteiger partial charge is 0.317 e. The number of unbranched alkanes of at least 4 members (excludes halogenated alkanes) is 36. The van der Waals surface area contributed by atoms with E-state index in [0.29, 0.717) is 0 Å². The fraction of sp³-hybridized carbons (Fsp3) is 1.00. The van der Waals surface area contributed by atoms with Gasteiger partial charge in [-0.15, -0.1) is 0 Å². The van der Waals surface area contributed by atoms with Crippen molar-refractivity contribution in [1.29, 1.82) is 0 Å². The third kappa shape index (κ3) is 42.0. The molecule has 0 aliphatic rings. The molecule has 0 aliphatic heterocycles. The lowest BCUT2D eigenvalue weighted by molar-refractivity contribution is 0.513. The molecule has 0 aromatic heterocycles. The van der Waals surface area contributed by atoms with Crippen molar-refractivity contribution < 1.29 is 0 Å². The zero-order chi connectivity index (χ0) is 31.0. The highest BCUT2D eigenvalue weighted by Crippen LogP contribution is 2.16. The topological polar surface area (TPSA) is 12.0 Å². The molecule has 0 aliphatic carbocycles. The normalized spacial score (nSPS) is 11.6.